The molecule has 1 atom stereocenters. The van der Waals surface area contributed by atoms with Gasteiger partial charge in [0, 0.05) is 19.8 Å². The molecule has 0 aliphatic carbocycles. The molecule has 2 N–H and O–H groups in total. The van der Waals surface area contributed by atoms with Gasteiger partial charge in [0.25, 0.3) is 5.91 Å². The molecule has 0 saturated carbocycles. The van der Waals surface area contributed by atoms with Gasteiger partial charge < -0.3 is 10.4 Å². The number of rotatable bonds is 6. The second-order valence-electron chi connectivity index (χ2n) is 5.54. The first kappa shape index (κ1) is 15.7. The van der Waals surface area contributed by atoms with Gasteiger partial charge in [-0.25, -0.2) is 0 Å². The van der Waals surface area contributed by atoms with Gasteiger partial charge >= 0.3 is 0 Å². The van der Waals surface area contributed by atoms with Crippen molar-refractivity contribution in [2.45, 2.75) is 26.4 Å². The van der Waals surface area contributed by atoms with Crippen molar-refractivity contribution < 1.29 is 9.90 Å². The van der Waals surface area contributed by atoms with E-state index >= 15 is 0 Å². The summed E-state index contributed by atoms with van der Waals surface area (Å²) in [6.45, 7) is 4.35. The van der Waals surface area contributed by atoms with E-state index in [1.54, 1.807) is 29.3 Å². The smallest absolute Gasteiger partial charge is 0.255 e. The molecule has 1 amide bonds. The molecule has 2 rings (SSSR count). The predicted molar refractivity (Wildman–Crippen MR) is 84.3 cm³/mol. The maximum Gasteiger partial charge on any atom is 0.255 e. The predicted octanol–water partition coefficient (Wildman–Crippen LogP) is 2.29. The van der Waals surface area contributed by atoms with Gasteiger partial charge in [0.1, 0.15) is 5.69 Å². The van der Waals surface area contributed by atoms with Gasteiger partial charge in [0.2, 0.25) is 0 Å². The fraction of sp³-hybridized carbons (Fsp3) is 0.467. The van der Waals surface area contributed by atoms with Crippen LogP contribution in [0.1, 0.15) is 30.6 Å². The van der Waals surface area contributed by atoms with E-state index in [-0.39, 0.29) is 12.5 Å². The van der Waals surface area contributed by atoms with Crippen LogP contribution in [0.15, 0.2) is 23.7 Å². The third-order valence-corrected chi connectivity index (χ3v) is 3.95. The third-order valence-electron chi connectivity index (χ3n) is 3.07. The molecule has 2 aromatic heterocycles. The fourth-order valence-electron chi connectivity index (χ4n) is 2.18. The van der Waals surface area contributed by atoms with Crippen LogP contribution in [0.4, 0.5) is 0 Å². The average molecular weight is 307 g/mol. The summed E-state index contributed by atoms with van der Waals surface area (Å²) >= 11 is 1.55. The van der Waals surface area contributed by atoms with Crippen molar-refractivity contribution in [1.29, 1.82) is 0 Å². The Bertz CT molecular complexity index is 590. The number of aliphatic hydroxyl groups is 1. The Morgan fingerprint density at radius 2 is 2.29 bits per heavy atom. The van der Waals surface area contributed by atoms with E-state index in [2.05, 4.69) is 10.4 Å². The monoisotopic (exact) mass is 307 g/mol. The van der Waals surface area contributed by atoms with E-state index in [0.717, 1.165) is 4.88 Å². The number of thiophene rings is 1. The Morgan fingerprint density at radius 3 is 2.90 bits per heavy atom. The molecule has 0 aliphatic rings. The van der Waals surface area contributed by atoms with Crippen LogP contribution in [-0.2, 0) is 7.05 Å². The number of carbonyl (C=O) groups is 1. The van der Waals surface area contributed by atoms with Gasteiger partial charge in [0.05, 0.1) is 16.5 Å². The second kappa shape index (κ2) is 6.87. The van der Waals surface area contributed by atoms with Crippen molar-refractivity contribution in [3.05, 3.63) is 29.3 Å². The van der Waals surface area contributed by atoms with E-state index < -0.39 is 6.10 Å². The zero-order chi connectivity index (χ0) is 15.4. The Labute approximate surface area is 128 Å². The number of carbonyl (C=O) groups excluding carboxylic acids is 1. The van der Waals surface area contributed by atoms with Crippen molar-refractivity contribution in [3.8, 4) is 10.6 Å². The first-order valence-corrected chi connectivity index (χ1v) is 7.89. The summed E-state index contributed by atoms with van der Waals surface area (Å²) in [4.78, 5) is 13.3. The third kappa shape index (κ3) is 4.15. The SMILES string of the molecule is CC(C)CC(O)CNC(=O)c1cn(C)nc1-c1cccs1. The first-order chi connectivity index (χ1) is 9.97. The number of aryl methyl sites for hydroxylation is 1. The lowest BCUT2D eigenvalue weighted by Gasteiger charge is -2.13. The first-order valence-electron chi connectivity index (χ1n) is 7.01. The van der Waals surface area contributed by atoms with Crippen LogP contribution in [0, 0.1) is 5.92 Å². The van der Waals surface area contributed by atoms with Crippen LogP contribution in [0.3, 0.4) is 0 Å². The number of amides is 1. The van der Waals surface area contributed by atoms with E-state index in [0.29, 0.717) is 23.6 Å². The van der Waals surface area contributed by atoms with E-state index in [1.807, 2.05) is 31.4 Å². The van der Waals surface area contributed by atoms with Crippen LogP contribution in [0.2, 0.25) is 0 Å². The molecule has 2 heterocycles. The molecule has 0 fully saturated rings. The van der Waals surface area contributed by atoms with Gasteiger partial charge in [-0.15, -0.1) is 11.3 Å². The molecule has 0 bridgehead atoms. The number of nitrogens with zero attached hydrogens (tertiary/aromatic N) is 2. The molecule has 5 nitrogen and oxygen atoms in total. The van der Waals surface area contributed by atoms with Crippen LogP contribution in [-0.4, -0.2) is 33.4 Å². The quantitative estimate of drug-likeness (QED) is 0.860. The minimum absolute atomic E-state index is 0.200. The molecule has 0 spiro atoms. The largest absolute Gasteiger partial charge is 0.391 e. The van der Waals surface area contributed by atoms with Crippen LogP contribution < -0.4 is 5.32 Å². The van der Waals surface area contributed by atoms with Crippen molar-refractivity contribution in [1.82, 2.24) is 15.1 Å². The summed E-state index contributed by atoms with van der Waals surface area (Å²) in [7, 11) is 1.79. The molecule has 2 aromatic rings. The maximum atomic E-state index is 12.3. The maximum absolute atomic E-state index is 12.3. The minimum Gasteiger partial charge on any atom is -0.391 e. The fourth-order valence-corrected chi connectivity index (χ4v) is 2.91. The van der Waals surface area contributed by atoms with Gasteiger partial charge in [-0.1, -0.05) is 19.9 Å². The van der Waals surface area contributed by atoms with Crippen molar-refractivity contribution in [3.63, 3.8) is 0 Å². The summed E-state index contributed by atoms with van der Waals surface area (Å²) in [6.07, 6.45) is 1.86. The van der Waals surface area contributed by atoms with Crippen molar-refractivity contribution in [2.24, 2.45) is 13.0 Å². The van der Waals surface area contributed by atoms with Gasteiger partial charge in [-0.05, 0) is 23.8 Å². The van der Waals surface area contributed by atoms with Crippen LogP contribution >= 0.6 is 11.3 Å². The molecule has 0 radical (unpaired) electrons. The molecular weight excluding hydrogens is 286 g/mol. The minimum atomic E-state index is -0.518. The topological polar surface area (TPSA) is 67.2 Å². The molecule has 0 aromatic carbocycles. The highest BCUT2D eigenvalue weighted by molar-refractivity contribution is 7.13. The molecular formula is C15H21N3O2S. The Kier molecular flexibility index (Phi) is 5.14. The zero-order valence-corrected chi connectivity index (χ0v) is 13.4. The zero-order valence-electron chi connectivity index (χ0n) is 12.5. The average Bonchev–Trinajstić information content (AvgIpc) is 3.03. The Morgan fingerprint density at radius 1 is 1.52 bits per heavy atom. The number of aliphatic hydroxyl groups excluding tert-OH is 1. The molecule has 114 valence electrons. The second-order valence-corrected chi connectivity index (χ2v) is 6.48. The van der Waals surface area contributed by atoms with Crippen LogP contribution in [0.25, 0.3) is 10.6 Å². The van der Waals surface area contributed by atoms with Crippen molar-refractivity contribution in [2.75, 3.05) is 6.54 Å². The lowest BCUT2D eigenvalue weighted by molar-refractivity contribution is 0.0901. The van der Waals surface area contributed by atoms with E-state index in [9.17, 15) is 9.90 Å². The van der Waals surface area contributed by atoms with Gasteiger partial charge in [-0.2, -0.15) is 5.10 Å². The standard InChI is InChI=1S/C15H21N3O2S/c1-10(2)7-11(19)8-16-15(20)12-9-18(3)17-14(12)13-5-4-6-21-13/h4-6,9-11,19H,7-8H2,1-3H3,(H,16,20). The van der Waals surface area contributed by atoms with Gasteiger partial charge in [0.15, 0.2) is 0 Å². The number of nitrogens with one attached hydrogen (secondary N) is 1. The lowest BCUT2D eigenvalue weighted by Crippen LogP contribution is -2.32. The highest BCUT2D eigenvalue weighted by Gasteiger charge is 2.18. The Balaban J connectivity index is 2.06. The molecule has 0 aliphatic heterocycles. The molecule has 0 saturated heterocycles. The number of hydrogen-bond acceptors (Lipinski definition) is 4. The highest BCUT2D eigenvalue weighted by Crippen LogP contribution is 2.26. The Hall–Kier alpha value is -1.66. The molecule has 1 unspecified atom stereocenters. The highest BCUT2D eigenvalue weighted by atomic mass is 32.1. The van der Waals surface area contributed by atoms with E-state index in [1.165, 1.54) is 0 Å². The molecule has 21 heavy (non-hydrogen) atoms. The van der Waals surface area contributed by atoms with Gasteiger partial charge in [-0.3, -0.25) is 9.48 Å². The summed E-state index contributed by atoms with van der Waals surface area (Å²) in [5, 5.41) is 18.9. The van der Waals surface area contributed by atoms with Crippen molar-refractivity contribution >= 4 is 17.2 Å². The summed E-state index contributed by atoms with van der Waals surface area (Å²) < 4.78 is 1.63. The van der Waals surface area contributed by atoms with E-state index in [4.69, 9.17) is 0 Å². The normalized spacial score (nSPS) is 12.6. The number of hydrogen-bond donors (Lipinski definition) is 2. The number of aromatic nitrogens is 2. The summed E-state index contributed by atoms with van der Waals surface area (Å²) in [6, 6.07) is 3.88. The lowest BCUT2D eigenvalue weighted by atomic mass is 10.1. The summed E-state index contributed by atoms with van der Waals surface area (Å²) in [5.41, 5.74) is 1.22. The van der Waals surface area contributed by atoms with Crippen LogP contribution in [0.5, 0.6) is 0 Å². The summed E-state index contributed by atoms with van der Waals surface area (Å²) in [5.74, 6) is 0.200. The molecule has 6 heteroatoms.